The molecule has 1 unspecified atom stereocenters. The highest BCUT2D eigenvalue weighted by Gasteiger charge is 2.48. The number of hydrogen-bond donors (Lipinski definition) is 1. The molecule has 4 fully saturated rings. The molecule has 4 aliphatic rings. The summed E-state index contributed by atoms with van der Waals surface area (Å²) in [6, 6.07) is 0. The van der Waals surface area contributed by atoms with Crippen molar-refractivity contribution in [2.75, 3.05) is 0 Å². The normalized spacial score (nSPS) is 49.6. The molecule has 1 N–H and O–H groups in total. The van der Waals surface area contributed by atoms with Crippen LogP contribution in [-0.4, -0.2) is 11.2 Å². The van der Waals surface area contributed by atoms with E-state index in [0.29, 0.717) is 0 Å². The third-order valence-corrected chi connectivity index (χ3v) is 5.44. The highest BCUT2D eigenvalue weighted by molar-refractivity contribution is 4.98. The van der Waals surface area contributed by atoms with Crippen molar-refractivity contribution < 1.29 is 5.11 Å². The molecule has 0 aromatic carbocycles. The maximum atomic E-state index is 9.84. The summed E-state index contributed by atoms with van der Waals surface area (Å²) in [6.07, 6.45) is 9.54. The van der Waals surface area contributed by atoms with Crippen LogP contribution in [0.1, 0.15) is 51.9 Å². The van der Waals surface area contributed by atoms with E-state index in [0.717, 1.165) is 42.4 Å². The van der Waals surface area contributed by atoms with Crippen molar-refractivity contribution in [3.63, 3.8) is 0 Å². The molecule has 15 heavy (non-hydrogen) atoms. The Hall–Kier alpha value is -0.0400. The van der Waals surface area contributed by atoms with E-state index in [1.807, 2.05) is 0 Å². The van der Waals surface area contributed by atoms with Crippen LogP contribution in [-0.2, 0) is 0 Å². The molecular weight excluding hydrogens is 184 g/mol. The Morgan fingerprint density at radius 3 is 2.00 bits per heavy atom. The fourth-order valence-corrected chi connectivity index (χ4v) is 4.90. The van der Waals surface area contributed by atoms with Gasteiger partial charge in [-0.3, -0.25) is 0 Å². The van der Waals surface area contributed by atoms with Gasteiger partial charge in [0.1, 0.15) is 0 Å². The first-order valence-electron chi connectivity index (χ1n) is 6.94. The van der Waals surface area contributed by atoms with E-state index in [4.69, 9.17) is 0 Å². The minimum absolute atomic E-state index is 0.0208. The fourth-order valence-electron chi connectivity index (χ4n) is 4.90. The second kappa shape index (κ2) is 3.76. The third kappa shape index (κ3) is 1.73. The molecule has 4 saturated carbocycles. The molecule has 86 valence electrons. The van der Waals surface area contributed by atoms with Crippen molar-refractivity contribution in [1.82, 2.24) is 0 Å². The highest BCUT2D eigenvalue weighted by Crippen LogP contribution is 2.57. The molecule has 4 aliphatic carbocycles. The van der Waals surface area contributed by atoms with Crippen molar-refractivity contribution in [1.29, 1.82) is 0 Å². The molecule has 0 radical (unpaired) electrons. The first-order chi connectivity index (χ1) is 7.26. The number of hydrogen-bond acceptors (Lipinski definition) is 1. The Labute approximate surface area is 93.3 Å². The zero-order chi connectivity index (χ0) is 10.4. The molecule has 0 amide bonds. The van der Waals surface area contributed by atoms with Crippen LogP contribution in [0.4, 0.5) is 0 Å². The molecule has 1 heteroatoms. The minimum atomic E-state index is -0.0208. The van der Waals surface area contributed by atoms with E-state index in [1.54, 1.807) is 0 Å². The van der Waals surface area contributed by atoms with Crippen LogP contribution in [0.25, 0.3) is 0 Å². The molecule has 0 aliphatic heterocycles. The van der Waals surface area contributed by atoms with Gasteiger partial charge in [0.05, 0.1) is 6.10 Å². The SMILES string of the molecule is CCC(O)CC1C2CC3CC(C2)CC1C3. The zero-order valence-corrected chi connectivity index (χ0v) is 9.86. The molecular formula is C14H24O. The average Bonchev–Trinajstić information content (AvgIpc) is 2.22. The molecule has 0 heterocycles. The van der Waals surface area contributed by atoms with Gasteiger partial charge in [0.25, 0.3) is 0 Å². The second-order valence-electron chi connectivity index (χ2n) is 6.39. The van der Waals surface area contributed by atoms with Gasteiger partial charge >= 0.3 is 0 Å². The van der Waals surface area contributed by atoms with Gasteiger partial charge in [-0.15, -0.1) is 0 Å². The Balaban J connectivity index is 1.69. The van der Waals surface area contributed by atoms with Crippen molar-refractivity contribution in [3.05, 3.63) is 0 Å². The fraction of sp³-hybridized carbons (Fsp3) is 1.00. The van der Waals surface area contributed by atoms with E-state index in [-0.39, 0.29) is 6.10 Å². The van der Waals surface area contributed by atoms with E-state index < -0.39 is 0 Å². The summed E-state index contributed by atoms with van der Waals surface area (Å²) >= 11 is 0. The summed E-state index contributed by atoms with van der Waals surface area (Å²) in [5.74, 6) is 5.00. The Kier molecular flexibility index (Phi) is 2.54. The number of aliphatic hydroxyl groups is 1. The van der Waals surface area contributed by atoms with Gasteiger partial charge in [-0.2, -0.15) is 0 Å². The van der Waals surface area contributed by atoms with Gasteiger partial charge in [-0.25, -0.2) is 0 Å². The lowest BCUT2D eigenvalue weighted by Gasteiger charge is -2.55. The molecule has 0 saturated heterocycles. The third-order valence-electron chi connectivity index (χ3n) is 5.44. The number of aliphatic hydroxyl groups excluding tert-OH is 1. The first kappa shape index (κ1) is 10.1. The van der Waals surface area contributed by atoms with Crippen LogP contribution in [0, 0.1) is 29.6 Å². The van der Waals surface area contributed by atoms with Gasteiger partial charge in [0, 0.05) is 0 Å². The van der Waals surface area contributed by atoms with Gasteiger partial charge in [-0.1, -0.05) is 6.92 Å². The van der Waals surface area contributed by atoms with Crippen LogP contribution >= 0.6 is 0 Å². The molecule has 4 bridgehead atoms. The van der Waals surface area contributed by atoms with Gasteiger partial charge < -0.3 is 5.11 Å². The predicted octanol–water partition coefficient (Wildman–Crippen LogP) is 3.22. The molecule has 0 spiro atoms. The van der Waals surface area contributed by atoms with Gasteiger partial charge in [-0.05, 0) is 74.5 Å². The first-order valence-corrected chi connectivity index (χ1v) is 6.94. The smallest absolute Gasteiger partial charge is 0.0540 e. The topological polar surface area (TPSA) is 20.2 Å². The lowest BCUT2D eigenvalue weighted by molar-refractivity contribution is -0.0548. The predicted molar refractivity (Wildman–Crippen MR) is 61.4 cm³/mol. The van der Waals surface area contributed by atoms with Crippen LogP contribution in [0.15, 0.2) is 0 Å². The second-order valence-corrected chi connectivity index (χ2v) is 6.39. The van der Waals surface area contributed by atoms with Crippen molar-refractivity contribution in [3.8, 4) is 0 Å². The van der Waals surface area contributed by atoms with E-state index in [9.17, 15) is 5.11 Å². The van der Waals surface area contributed by atoms with E-state index in [1.165, 1.54) is 32.1 Å². The Morgan fingerprint density at radius 2 is 1.53 bits per heavy atom. The summed E-state index contributed by atoms with van der Waals surface area (Å²) in [4.78, 5) is 0. The lowest BCUT2D eigenvalue weighted by Crippen LogP contribution is -2.45. The molecule has 1 nitrogen and oxygen atoms in total. The van der Waals surface area contributed by atoms with E-state index >= 15 is 0 Å². The van der Waals surface area contributed by atoms with Crippen molar-refractivity contribution in [2.24, 2.45) is 29.6 Å². The largest absolute Gasteiger partial charge is 0.393 e. The minimum Gasteiger partial charge on any atom is -0.393 e. The lowest BCUT2D eigenvalue weighted by atomic mass is 9.51. The average molecular weight is 208 g/mol. The molecule has 4 rings (SSSR count). The maximum absolute atomic E-state index is 9.84. The van der Waals surface area contributed by atoms with E-state index in [2.05, 4.69) is 6.92 Å². The standard InChI is InChI=1S/C14H24O/c1-2-13(15)8-14-11-4-9-3-10(6-11)7-12(14)5-9/h9-15H,2-8H2,1H3. The highest BCUT2D eigenvalue weighted by atomic mass is 16.3. The van der Waals surface area contributed by atoms with Crippen LogP contribution in [0.2, 0.25) is 0 Å². The number of rotatable bonds is 3. The van der Waals surface area contributed by atoms with Gasteiger partial charge in [0.15, 0.2) is 0 Å². The molecule has 1 atom stereocenters. The zero-order valence-electron chi connectivity index (χ0n) is 9.86. The maximum Gasteiger partial charge on any atom is 0.0540 e. The monoisotopic (exact) mass is 208 g/mol. The summed E-state index contributed by atoms with van der Waals surface area (Å²) in [6.45, 7) is 2.11. The van der Waals surface area contributed by atoms with Crippen LogP contribution in [0.3, 0.4) is 0 Å². The summed E-state index contributed by atoms with van der Waals surface area (Å²) < 4.78 is 0. The summed E-state index contributed by atoms with van der Waals surface area (Å²) in [5, 5.41) is 9.84. The Bertz CT molecular complexity index is 207. The quantitative estimate of drug-likeness (QED) is 0.755. The molecule has 0 aromatic rings. The summed E-state index contributed by atoms with van der Waals surface area (Å²) in [7, 11) is 0. The van der Waals surface area contributed by atoms with Crippen LogP contribution < -0.4 is 0 Å². The van der Waals surface area contributed by atoms with Crippen LogP contribution in [0.5, 0.6) is 0 Å². The van der Waals surface area contributed by atoms with Gasteiger partial charge in [0.2, 0.25) is 0 Å². The van der Waals surface area contributed by atoms with Crippen molar-refractivity contribution >= 4 is 0 Å². The summed E-state index contributed by atoms with van der Waals surface area (Å²) in [5.41, 5.74) is 0. The van der Waals surface area contributed by atoms with Crippen molar-refractivity contribution in [2.45, 2.75) is 58.0 Å². The Morgan fingerprint density at radius 1 is 1.00 bits per heavy atom. The molecule has 0 aromatic heterocycles.